The summed E-state index contributed by atoms with van der Waals surface area (Å²) in [7, 11) is 0. The molecule has 0 bridgehead atoms. The fourth-order valence-corrected chi connectivity index (χ4v) is 5.48. The number of benzene rings is 1. The third-order valence-corrected chi connectivity index (χ3v) is 7.92. The van der Waals surface area contributed by atoms with Crippen LogP contribution in [0.3, 0.4) is 0 Å². The molecule has 4 rings (SSSR count). The number of hydrogen-bond acceptors (Lipinski definition) is 10. The Labute approximate surface area is 245 Å². The van der Waals surface area contributed by atoms with Crippen LogP contribution in [-0.2, 0) is 30.4 Å². The molecule has 0 aromatic heterocycles. The fourth-order valence-electron chi connectivity index (χ4n) is 5.48. The van der Waals surface area contributed by atoms with Crippen LogP contribution in [0.25, 0.3) is 5.76 Å². The van der Waals surface area contributed by atoms with E-state index < -0.39 is 58.1 Å². The number of aromatic hydroxyl groups is 3. The molecule has 0 spiro atoms. The first-order valence-electron chi connectivity index (χ1n) is 13.9. The summed E-state index contributed by atoms with van der Waals surface area (Å²) < 4.78 is 0. The first-order valence-corrected chi connectivity index (χ1v) is 13.9. The number of carbonyl (C=O) groups is 5. The number of hydrogen-bond donors (Lipinski definition) is 10. The summed E-state index contributed by atoms with van der Waals surface area (Å²) >= 11 is 0. The maximum absolute atomic E-state index is 12.6. The smallest absolute Gasteiger partial charge is 0.314 e. The number of phenols is 3. The Kier molecular flexibility index (Phi) is 9.31. The molecular formula is C28H34N4O11. The lowest BCUT2D eigenvalue weighted by molar-refractivity contribution is -0.137. The molecule has 4 amide bonds. The molecule has 43 heavy (non-hydrogen) atoms. The molecule has 0 saturated carbocycles. The molecule has 232 valence electrons. The molecule has 2 saturated heterocycles. The highest BCUT2D eigenvalue weighted by molar-refractivity contribution is 5.89. The second-order valence-electron chi connectivity index (χ2n) is 10.7. The van der Waals surface area contributed by atoms with E-state index in [1.165, 1.54) is 0 Å². The van der Waals surface area contributed by atoms with Gasteiger partial charge in [0.25, 0.3) is 0 Å². The van der Waals surface area contributed by atoms with Gasteiger partial charge in [-0.3, -0.25) is 24.0 Å². The number of piperidine rings is 2. The van der Waals surface area contributed by atoms with Crippen molar-refractivity contribution in [3.05, 3.63) is 34.1 Å². The van der Waals surface area contributed by atoms with Crippen molar-refractivity contribution in [2.24, 2.45) is 11.8 Å². The van der Waals surface area contributed by atoms with Gasteiger partial charge in [0.1, 0.15) is 5.92 Å². The molecule has 2 heterocycles. The second-order valence-corrected chi connectivity index (χ2v) is 10.7. The minimum atomic E-state index is -1.64. The summed E-state index contributed by atoms with van der Waals surface area (Å²) in [6.07, 6.45) is 1.81. The predicted octanol–water partition coefficient (Wildman–Crippen LogP) is -0.0864. The lowest BCUT2D eigenvalue weighted by Gasteiger charge is -2.23. The van der Waals surface area contributed by atoms with Gasteiger partial charge in [-0.05, 0) is 36.8 Å². The summed E-state index contributed by atoms with van der Waals surface area (Å²) in [6, 6.07) is 0. The number of carbonyl (C=O) groups excluding carboxylic acids is 4. The van der Waals surface area contributed by atoms with E-state index in [0.717, 1.165) is 6.08 Å². The van der Waals surface area contributed by atoms with Gasteiger partial charge >= 0.3 is 5.97 Å². The van der Waals surface area contributed by atoms with Crippen molar-refractivity contribution in [1.29, 1.82) is 0 Å². The van der Waals surface area contributed by atoms with Crippen LogP contribution >= 0.6 is 0 Å². The normalized spacial score (nSPS) is 22.0. The van der Waals surface area contributed by atoms with Gasteiger partial charge in [0.15, 0.2) is 23.0 Å². The number of carboxylic acid groups (broad SMARTS) is 1. The number of aliphatic hydroxyl groups is 2. The van der Waals surface area contributed by atoms with Crippen LogP contribution in [0.5, 0.6) is 17.2 Å². The van der Waals surface area contributed by atoms with E-state index in [2.05, 4.69) is 21.3 Å². The Balaban J connectivity index is 1.58. The zero-order valence-corrected chi connectivity index (χ0v) is 23.1. The minimum Gasteiger partial charge on any atom is -0.504 e. The molecule has 3 atom stereocenters. The van der Waals surface area contributed by atoms with Gasteiger partial charge in [-0.2, -0.15) is 0 Å². The SMILES string of the molecule is O=C1CCC(C(=O)NCCC2=C[C@@H](C(=O)O)c3c(CCNC(=O)C4CCC(=O)NC4)c(O)c(O)c(O)c3C(O)=C2O)CN1. The standard InChI is InChI=1S/C28H34N4O11/c33-17-3-1-13(10-31-17)26(40)29-7-5-12-9-16(28(42)43)19-15(6-8-30-27(41)14-2-4-18(34)32-11-14)22(36)25(39)24(38)20(19)23(37)21(12)35/h9,13-14,16,35-39H,1-8,10-11H2,(H,29,40)(H,30,41)(H,31,33)(H,32,34)(H,42,43)/t13?,14?,16-/m1/s1. The van der Waals surface area contributed by atoms with Crippen molar-refractivity contribution in [1.82, 2.24) is 21.3 Å². The average Bonchev–Trinajstić information content (AvgIpc) is 3.08. The van der Waals surface area contributed by atoms with Crippen molar-refractivity contribution in [2.45, 2.75) is 44.4 Å². The van der Waals surface area contributed by atoms with Crippen LogP contribution in [0, 0.1) is 11.8 Å². The molecular weight excluding hydrogens is 568 g/mol. The number of allylic oxidation sites excluding steroid dienone is 1. The number of amides is 4. The van der Waals surface area contributed by atoms with Crippen LogP contribution in [0.1, 0.15) is 54.7 Å². The van der Waals surface area contributed by atoms with E-state index in [1.54, 1.807) is 0 Å². The minimum absolute atomic E-state index is 0.0713. The molecule has 15 nitrogen and oxygen atoms in total. The Morgan fingerprint density at radius 3 is 1.79 bits per heavy atom. The van der Waals surface area contributed by atoms with Crippen LogP contribution in [0.2, 0.25) is 0 Å². The average molecular weight is 603 g/mol. The molecule has 10 N–H and O–H groups in total. The molecule has 15 heteroatoms. The lowest BCUT2D eigenvalue weighted by Crippen LogP contribution is -2.43. The third-order valence-electron chi connectivity index (χ3n) is 7.92. The van der Waals surface area contributed by atoms with E-state index >= 15 is 0 Å². The second kappa shape index (κ2) is 12.9. The van der Waals surface area contributed by atoms with Crippen LogP contribution in [0.4, 0.5) is 0 Å². The first kappa shape index (κ1) is 31.0. The number of aliphatic hydroxyl groups excluding tert-OH is 2. The molecule has 2 aliphatic heterocycles. The summed E-state index contributed by atoms with van der Waals surface area (Å²) in [5, 5.41) is 74.2. The maximum Gasteiger partial charge on any atom is 0.314 e. The van der Waals surface area contributed by atoms with Gasteiger partial charge < -0.3 is 51.9 Å². The zero-order chi connectivity index (χ0) is 31.4. The van der Waals surface area contributed by atoms with Crippen molar-refractivity contribution in [3.63, 3.8) is 0 Å². The molecule has 2 fully saturated rings. The van der Waals surface area contributed by atoms with E-state index in [9.17, 15) is 54.6 Å². The van der Waals surface area contributed by atoms with Crippen molar-refractivity contribution >= 4 is 35.4 Å². The van der Waals surface area contributed by atoms with Crippen molar-refractivity contribution in [2.75, 3.05) is 26.2 Å². The highest BCUT2D eigenvalue weighted by Gasteiger charge is 2.37. The summed E-state index contributed by atoms with van der Waals surface area (Å²) in [4.78, 5) is 60.3. The van der Waals surface area contributed by atoms with Gasteiger partial charge in [0, 0.05) is 44.6 Å². The van der Waals surface area contributed by atoms with E-state index in [1.807, 2.05) is 0 Å². The molecule has 2 unspecified atom stereocenters. The maximum atomic E-state index is 12.6. The zero-order valence-electron chi connectivity index (χ0n) is 23.1. The molecule has 1 aromatic carbocycles. The van der Waals surface area contributed by atoms with E-state index in [0.29, 0.717) is 12.8 Å². The quantitative estimate of drug-likeness (QED) is 0.167. The number of phenolic OH excluding ortho intramolecular Hbond substituents is 3. The Hall–Kier alpha value is -4.95. The van der Waals surface area contributed by atoms with Crippen molar-refractivity contribution < 1.29 is 54.6 Å². The number of carboxylic acids is 1. The van der Waals surface area contributed by atoms with Gasteiger partial charge in [-0.15, -0.1) is 0 Å². The Morgan fingerprint density at radius 1 is 0.767 bits per heavy atom. The molecule has 3 aliphatic rings. The van der Waals surface area contributed by atoms with E-state index in [-0.39, 0.29) is 92.2 Å². The van der Waals surface area contributed by atoms with Crippen LogP contribution < -0.4 is 21.3 Å². The van der Waals surface area contributed by atoms with Gasteiger partial charge in [0.2, 0.25) is 29.4 Å². The molecule has 1 aliphatic carbocycles. The predicted molar refractivity (Wildman–Crippen MR) is 148 cm³/mol. The van der Waals surface area contributed by atoms with E-state index in [4.69, 9.17) is 0 Å². The number of aliphatic carboxylic acids is 1. The first-order chi connectivity index (χ1) is 20.4. The number of nitrogens with one attached hydrogen (secondary N) is 4. The Morgan fingerprint density at radius 2 is 1.30 bits per heavy atom. The Bertz CT molecular complexity index is 1400. The summed E-state index contributed by atoms with van der Waals surface area (Å²) in [5.74, 6) is -9.87. The largest absolute Gasteiger partial charge is 0.504 e. The third kappa shape index (κ3) is 6.60. The monoisotopic (exact) mass is 602 g/mol. The topological polar surface area (TPSA) is 255 Å². The highest BCUT2D eigenvalue weighted by atomic mass is 16.4. The van der Waals surface area contributed by atoms with Crippen LogP contribution in [-0.4, -0.2) is 86.4 Å². The van der Waals surface area contributed by atoms with Gasteiger partial charge in [-0.25, -0.2) is 0 Å². The summed E-state index contributed by atoms with van der Waals surface area (Å²) in [6.45, 7) is 0.108. The fraction of sp³-hybridized carbons (Fsp3) is 0.464. The number of rotatable bonds is 9. The molecule has 1 aromatic rings. The van der Waals surface area contributed by atoms with Crippen LogP contribution in [0.15, 0.2) is 17.4 Å². The summed E-state index contributed by atoms with van der Waals surface area (Å²) in [5.41, 5.74) is -1.19. The highest BCUT2D eigenvalue weighted by Crippen LogP contribution is 2.50. The molecule has 0 radical (unpaired) electrons. The van der Waals surface area contributed by atoms with Gasteiger partial charge in [0.05, 0.1) is 17.4 Å². The number of fused-ring (bicyclic) bond motifs is 1. The lowest BCUT2D eigenvalue weighted by atomic mass is 9.86. The van der Waals surface area contributed by atoms with Crippen molar-refractivity contribution in [3.8, 4) is 17.2 Å². The van der Waals surface area contributed by atoms with Gasteiger partial charge in [-0.1, -0.05) is 6.08 Å².